The molecular formula is C20H24N2O4STi. The van der Waals surface area contributed by atoms with Crippen molar-refractivity contribution < 1.29 is 41.1 Å². The van der Waals surface area contributed by atoms with E-state index in [9.17, 15) is 4.79 Å². The number of benzene rings is 2. The van der Waals surface area contributed by atoms with Gasteiger partial charge in [0.05, 0.1) is 13.2 Å². The molecule has 0 atom stereocenters. The quantitative estimate of drug-likeness (QED) is 0.334. The van der Waals surface area contributed by atoms with Gasteiger partial charge in [-0.3, -0.25) is 0 Å². The first-order chi connectivity index (χ1) is 13.0. The Morgan fingerprint density at radius 3 is 1.54 bits per heavy atom. The largest absolute Gasteiger partial charge is 0.494 e. The summed E-state index contributed by atoms with van der Waals surface area (Å²) in [4.78, 5) is 9.25. The Morgan fingerprint density at radius 1 is 0.964 bits per heavy atom. The summed E-state index contributed by atoms with van der Waals surface area (Å²) >= 11 is 5.30. The zero-order chi connectivity index (χ0) is 20.1. The van der Waals surface area contributed by atoms with Crippen LogP contribution in [0.4, 0.5) is 11.4 Å². The molecule has 2 aromatic rings. The Hall–Kier alpha value is -2.35. The molecule has 0 saturated carbocycles. The Balaban J connectivity index is 0.00000108. The fraction of sp³-hybridized carbons (Fsp3) is 0.200. The van der Waals surface area contributed by atoms with E-state index in [1.165, 1.54) is 0 Å². The van der Waals surface area contributed by atoms with Crippen molar-refractivity contribution in [2.75, 3.05) is 23.8 Å². The molecule has 28 heavy (non-hydrogen) atoms. The van der Waals surface area contributed by atoms with E-state index >= 15 is 0 Å². The van der Waals surface area contributed by atoms with E-state index in [0.717, 1.165) is 28.9 Å². The molecule has 6 nitrogen and oxygen atoms in total. The van der Waals surface area contributed by atoms with Crippen LogP contribution in [-0.2, 0) is 26.5 Å². The molecule has 8 heteroatoms. The Morgan fingerprint density at radius 2 is 1.29 bits per heavy atom. The molecule has 0 heterocycles. The average molecular weight is 436 g/mol. The van der Waals surface area contributed by atoms with Crippen molar-refractivity contribution in [3.05, 3.63) is 61.2 Å². The number of hydrogen-bond donors (Lipinski definition) is 3. The number of thiocarbonyl (C=S) groups is 1. The van der Waals surface area contributed by atoms with E-state index in [1.807, 2.05) is 62.4 Å². The van der Waals surface area contributed by atoms with Crippen LogP contribution in [0.3, 0.4) is 0 Å². The van der Waals surface area contributed by atoms with Gasteiger partial charge in [0.15, 0.2) is 5.11 Å². The Kier molecular flexibility index (Phi) is 13.5. The van der Waals surface area contributed by atoms with Crippen molar-refractivity contribution in [3.8, 4) is 11.5 Å². The zero-order valence-electron chi connectivity index (χ0n) is 15.9. The van der Waals surface area contributed by atoms with Crippen molar-refractivity contribution in [2.45, 2.75) is 13.8 Å². The SMILES string of the molecule is C=CC(=O)O.CCOc1ccc(NC(=S)Nc2ccc(OCC)cc2)cc1.[Ti]. The summed E-state index contributed by atoms with van der Waals surface area (Å²) in [6.45, 7) is 8.20. The maximum Gasteiger partial charge on any atom is 0.327 e. The number of aliphatic carboxylic acids is 1. The van der Waals surface area contributed by atoms with Gasteiger partial charge in [0.1, 0.15) is 11.5 Å². The Bertz CT molecular complexity index is 683. The van der Waals surface area contributed by atoms with Gasteiger partial charge in [0, 0.05) is 39.2 Å². The molecule has 3 N–H and O–H groups in total. The van der Waals surface area contributed by atoms with Gasteiger partial charge >= 0.3 is 5.97 Å². The minimum absolute atomic E-state index is 0. The molecule has 2 aromatic carbocycles. The summed E-state index contributed by atoms with van der Waals surface area (Å²) in [5.74, 6) is 0.710. The number of carboxylic acids is 1. The van der Waals surface area contributed by atoms with Gasteiger partial charge in [0.2, 0.25) is 0 Å². The minimum atomic E-state index is -0.981. The van der Waals surface area contributed by atoms with Crippen LogP contribution in [0.1, 0.15) is 13.8 Å². The molecule has 0 bridgehead atoms. The number of hydrogen-bond acceptors (Lipinski definition) is 4. The van der Waals surface area contributed by atoms with Crippen LogP contribution in [0.5, 0.6) is 11.5 Å². The fourth-order valence-electron chi connectivity index (χ4n) is 1.90. The van der Waals surface area contributed by atoms with Gasteiger partial charge < -0.3 is 25.2 Å². The van der Waals surface area contributed by atoms with Crippen LogP contribution in [0.15, 0.2) is 61.2 Å². The predicted molar refractivity (Wildman–Crippen MR) is 113 cm³/mol. The third-order valence-electron chi connectivity index (χ3n) is 3.02. The van der Waals surface area contributed by atoms with Gasteiger partial charge in [-0.15, -0.1) is 0 Å². The summed E-state index contributed by atoms with van der Waals surface area (Å²) < 4.78 is 10.8. The average Bonchev–Trinajstić information content (AvgIpc) is 2.66. The van der Waals surface area contributed by atoms with E-state index in [-0.39, 0.29) is 21.7 Å². The molecule has 0 aromatic heterocycles. The van der Waals surface area contributed by atoms with Gasteiger partial charge in [-0.1, -0.05) is 6.58 Å². The summed E-state index contributed by atoms with van der Waals surface area (Å²) in [6, 6.07) is 15.3. The van der Waals surface area contributed by atoms with E-state index in [1.54, 1.807) is 0 Å². The predicted octanol–water partition coefficient (Wildman–Crippen LogP) is 4.55. The second-order valence-electron chi connectivity index (χ2n) is 5.04. The molecule has 0 aliphatic heterocycles. The van der Waals surface area contributed by atoms with Crippen LogP contribution in [0.25, 0.3) is 0 Å². The van der Waals surface area contributed by atoms with Crippen molar-refractivity contribution >= 4 is 34.7 Å². The smallest absolute Gasteiger partial charge is 0.327 e. The molecule has 0 fully saturated rings. The first kappa shape index (κ1) is 25.7. The number of anilines is 2. The number of carbonyl (C=O) groups is 1. The van der Waals surface area contributed by atoms with Crippen molar-refractivity contribution in [1.82, 2.24) is 0 Å². The molecule has 0 saturated heterocycles. The summed E-state index contributed by atoms with van der Waals surface area (Å²) in [6.07, 6.45) is 0.833. The topological polar surface area (TPSA) is 79.8 Å². The fourth-order valence-corrected chi connectivity index (χ4v) is 2.13. The molecule has 0 aliphatic carbocycles. The van der Waals surface area contributed by atoms with Gasteiger partial charge in [-0.05, 0) is 74.6 Å². The van der Waals surface area contributed by atoms with Crippen LogP contribution in [0, 0.1) is 0 Å². The summed E-state index contributed by atoms with van der Waals surface area (Å²) in [5, 5.41) is 14.4. The summed E-state index contributed by atoms with van der Waals surface area (Å²) in [5.41, 5.74) is 1.82. The number of ether oxygens (including phenoxy) is 2. The standard InChI is InChI=1S/C17H20N2O2S.C3H4O2.Ti/c1-3-20-15-9-5-13(6-10-15)18-17(22)19-14-7-11-16(12-8-14)21-4-2;1-2-3(4)5;/h5-12H,3-4H2,1-2H3,(H2,18,19,22);2H,1H2,(H,4,5);. The molecule has 0 amide bonds. The number of carboxylic acid groups (broad SMARTS) is 1. The molecule has 148 valence electrons. The molecule has 2 rings (SSSR count). The maximum atomic E-state index is 9.25. The van der Waals surface area contributed by atoms with Gasteiger partial charge in [0.25, 0.3) is 0 Å². The second kappa shape index (κ2) is 14.7. The number of nitrogens with one attached hydrogen (secondary N) is 2. The first-order valence-corrected chi connectivity index (χ1v) is 8.78. The third-order valence-corrected chi connectivity index (χ3v) is 3.23. The maximum absolute atomic E-state index is 9.25. The molecular weight excluding hydrogens is 412 g/mol. The van der Waals surface area contributed by atoms with Gasteiger partial charge in [-0.25, -0.2) is 4.79 Å². The van der Waals surface area contributed by atoms with Crippen LogP contribution in [-0.4, -0.2) is 29.4 Å². The van der Waals surface area contributed by atoms with Gasteiger partial charge in [-0.2, -0.15) is 0 Å². The summed E-state index contributed by atoms with van der Waals surface area (Å²) in [7, 11) is 0. The van der Waals surface area contributed by atoms with E-state index in [4.69, 9.17) is 26.8 Å². The van der Waals surface area contributed by atoms with Crippen LogP contribution in [0.2, 0.25) is 0 Å². The van der Waals surface area contributed by atoms with E-state index in [2.05, 4.69) is 17.2 Å². The molecule has 0 unspecified atom stereocenters. The normalized spacial score (nSPS) is 8.93. The number of rotatable bonds is 7. The van der Waals surface area contributed by atoms with Crippen molar-refractivity contribution in [2.24, 2.45) is 0 Å². The molecule has 0 radical (unpaired) electrons. The monoisotopic (exact) mass is 436 g/mol. The third kappa shape index (κ3) is 10.7. The van der Waals surface area contributed by atoms with Crippen LogP contribution >= 0.6 is 12.2 Å². The van der Waals surface area contributed by atoms with Crippen molar-refractivity contribution in [3.63, 3.8) is 0 Å². The van der Waals surface area contributed by atoms with Crippen LogP contribution < -0.4 is 20.1 Å². The first-order valence-electron chi connectivity index (χ1n) is 8.37. The van der Waals surface area contributed by atoms with Crippen molar-refractivity contribution in [1.29, 1.82) is 0 Å². The minimum Gasteiger partial charge on any atom is -0.494 e. The molecule has 0 aliphatic rings. The Labute approximate surface area is 185 Å². The van der Waals surface area contributed by atoms with E-state index in [0.29, 0.717) is 18.3 Å². The zero-order valence-corrected chi connectivity index (χ0v) is 18.3. The van der Waals surface area contributed by atoms with E-state index < -0.39 is 5.97 Å². The second-order valence-corrected chi connectivity index (χ2v) is 5.44. The molecule has 0 spiro atoms.